The Balaban J connectivity index is 0.000000492. The molecule has 6 aromatic heterocycles. The number of fused-ring (bicyclic) bond motifs is 12. The first-order valence-electron chi connectivity index (χ1n) is 20.4. The Bertz CT molecular complexity index is 2940. The number of pyridine rings is 4. The van der Waals surface area contributed by atoms with Gasteiger partial charge in [0.2, 0.25) is 0 Å². The molecular formula is C50H42N8O12Tb2. The number of imidazole rings is 2. The zero-order chi connectivity index (χ0) is 51.9. The van der Waals surface area contributed by atoms with Crippen LogP contribution in [-0.4, -0.2) is 75.7 Å². The second-order valence-corrected chi connectivity index (χ2v) is 13.9. The summed E-state index contributed by atoms with van der Waals surface area (Å²) in [5.41, 5.74) is 9.61. The fourth-order valence-corrected chi connectivity index (χ4v) is 6.15. The van der Waals surface area contributed by atoms with Crippen molar-refractivity contribution >= 4 is 101 Å². The zero-order valence-corrected chi connectivity index (χ0v) is 43.2. The molecule has 4 aromatic carbocycles. The van der Waals surface area contributed by atoms with Gasteiger partial charge in [-0.25, -0.2) is 9.97 Å². The molecule has 372 valence electrons. The fraction of sp³-hybridized carbons (Fsp3) is 0.120. The molecule has 0 unspecified atom stereocenters. The number of nitrogens with zero attached hydrogens (tertiary/aromatic N) is 6. The summed E-state index contributed by atoms with van der Waals surface area (Å²) >= 11 is 0. The van der Waals surface area contributed by atoms with Crippen molar-refractivity contribution < 1.29 is 137 Å². The minimum atomic E-state index is -1.08. The van der Waals surface area contributed by atoms with Crippen LogP contribution in [0.25, 0.3) is 88.5 Å². The van der Waals surface area contributed by atoms with Crippen molar-refractivity contribution in [3.63, 3.8) is 0 Å². The van der Waals surface area contributed by atoms with E-state index in [9.17, 15) is 0 Å². The maximum atomic E-state index is 8.89. The maximum absolute atomic E-state index is 8.89. The zero-order valence-electron chi connectivity index (χ0n) is 39.0. The Morgan fingerprint density at radius 2 is 0.556 bits per heavy atom. The third kappa shape index (κ3) is 20.3. The Hall–Kier alpha value is -7.15. The van der Waals surface area contributed by atoms with E-state index in [4.69, 9.17) is 69.4 Å². The van der Waals surface area contributed by atoms with Crippen LogP contribution in [0.4, 0.5) is 0 Å². The van der Waals surface area contributed by atoms with E-state index < -0.39 is 35.8 Å². The van der Waals surface area contributed by atoms with Gasteiger partial charge in [0.25, 0.3) is 0 Å². The molecule has 10 aromatic rings. The predicted molar refractivity (Wildman–Crippen MR) is 248 cm³/mol. The van der Waals surface area contributed by atoms with Crippen LogP contribution in [0.1, 0.15) is 41.5 Å². The number of H-pyrrole nitrogens is 2. The summed E-state index contributed by atoms with van der Waals surface area (Å²) in [6.07, 6.45) is 7.20. The van der Waals surface area contributed by atoms with Gasteiger partial charge in [-0.05, 0) is 90.1 Å². The van der Waals surface area contributed by atoms with Crippen molar-refractivity contribution in [2.75, 3.05) is 0 Å². The normalized spacial score (nSPS) is 9.42. The summed E-state index contributed by atoms with van der Waals surface area (Å²) in [5, 5.41) is 57.5. The van der Waals surface area contributed by atoms with Gasteiger partial charge < -0.3 is 69.4 Å². The van der Waals surface area contributed by atoms with Gasteiger partial charge in [-0.2, -0.15) is 0 Å². The molecule has 0 saturated heterocycles. The largest absolute Gasteiger partial charge is 3.00 e. The van der Waals surface area contributed by atoms with Gasteiger partial charge in [0.1, 0.15) is 11.6 Å². The number of carboxylic acid groups (broad SMARTS) is 6. The second kappa shape index (κ2) is 32.0. The molecule has 0 amide bonds. The summed E-state index contributed by atoms with van der Waals surface area (Å²) < 4.78 is 0. The van der Waals surface area contributed by atoms with Crippen molar-refractivity contribution in [2.45, 2.75) is 41.5 Å². The molecule has 0 radical (unpaired) electrons. The van der Waals surface area contributed by atoms with E-state index in [2.05, 4.69) is 78.4 Å². The molecule has 22 heteroatoms. The quantitative estimate of drug-likeness (QED) is 0.230. The number of aromatic amines is 2. The minimum Gasteiger partial charge on any atom is -0.550 e. The van der Waals surface area contributed by atoms with Crippen LogP contribution in [0, 0.1) is 77.2 Å². The van der Waals surface area contributed by atoms with Crippen LogP contribution < -0.4 is 30.6 Å². The molecule has 6 heterocycles. The van der Waals surface area contributed by atoms with E-state index in [1.54, 1.807) is 24.8 Å². The van der Waals surface area contributed by atoms with Crippen molar-refractivity contribution in [3.05, 3.63) is 134 Å². The molecule has 0 fully saturated rings. The number of carbonyl (C=O) groups excluding carboxylic acids is 6. The van der Waals surface area contributed by atoms with E-state index in [-0.39, 0.29) is 77.2 Å². The molecule has 2 N–H and O–H groups in total. The number of benzene rings is 4. The summed E-state index contributed by atoms with van der Waals surface area (Å²) in [6.45, 7) is 5.83. The monoisotopic (exact) mass is 1260 g/mol. The molecule has 0 aliphatic rings. The number of nitrogens with one attached hydrogen (secondary N) is 2. The minimum absolute atomic E-state index is 0. The number of hydrogen-bond donors (Lipinski definition) is 2. The molecule has 0 bridgehead atoms. The van der Waals surface area contributed by atoms with Gasteiger partial charge in [0, 0.05) is 93.3 Å². The second-order valence-electron chi connectivity index (χ2n) is 13.9. The van der Waals surface area contributed by atoms with Crippen LogP contribution in [0.3, 0.4) is 0 Å². The smallest absolute Gasteiger partial charge is 0.550 e. The van der Waals surface area contributed by atoms with Gasteiger partial charge in [-0.15, -0.1) is 0 Å². The molecule has 0 saturated carbocycles. The maximum Gasteiger partial charge on any atom is 3.00 e. The third-order valence-electron chi connectivity index (χ3n) is 8.23. The average Bonchev–Trinajstić information content (AvgIpc) is 3.97. The summed E-state index contributed by atoms with van der Waals surface area (Å²) in [5.74, 6) is -4.77. The van der Waals surface area contributed by atoms with Gasteiger partial charge in [0.05, 0.1) is 44.1 Å². The number of aromatic nitrogens is 8. The van der Waals surface area contributed by atoms with Gasteiger partial charge >= 0.3 is 77.2 Å². The molecular weight excluding hydrogens is 1220 g/mol. The van der Waals surface area contributed by atoms with Crippen molar-refractivity contribution in [1.29, 1.82) is 0 Å². The van der Waals surface area contributed by atoms with Crippen molar-refractivity contribution in [2.24, 2.45) is 0 Å². The van der Waals surface area contributed by atoms with E-state index in [1.165, 1.54) is 0 Å². The number of rotatable bonds is 2. The predicted octanol–water partition coefficient (Wildman–Crippen LogP) is 1.19. The van der Waals surface area contributed by atoms with E-state index in [0.29, 0.717) is 0 Å². The van der Waals surface area contributed by atoms with E-state index >= 15 is 0 Å². The molecule has 0 aliphatic carbocycles. The number of carboxylic acids is 6. The SMILES string of the molecule is CC(=O)[O-].CC(=O)[O-].CC(=O)[O-].CC(=O)[O-].CC(=O)[O-].CC(=O)[O-].[Tb+3].[Tb+3].c1ccc(-c2nc3c4cccnc4c4ncccc4c3[nH]2)cc1.c1ccc(-c2nc3c4cccnc4c4ncccc4c3[nH]2)cc1. The first-order chi connectivity index (χ1) is 33.2. The molecule has 20 nitrogen and oxygen atoms in total. The van der Waals surface area contributed by atoms with Crippen LogP contribution in [-0.2, 0) is 28.8 Å². The van der Waals surface area contributed by atoms with Gasteiger partial charge in [0.15, 0.2) is 0 Å². The first kappa shape index (κ1) is 62.9. The standard InChI is InChI=1S/2C19H12N4.6C2H4O2.2Tb/c2*1-2-6-12(7-3-1)19-22-17-13-8-4-10-20-15(13)16-14(18(17)23-19)9-5-11-21-16;6*1-2(3)4;;/h2*1-11H,(H,22,23);6*1H3,(H,3,4);;/q;;;;;;;;2*+3/p-6. The first-order valence-corrected chi connectivity index (χ1v) is 20.4. The van der Waals surface area contributed by atoms with Crippen LogP contribution >= 0.6 is 0 Å². The van der Waals surface area contributed by atoms with Crippen molar-refractivity contribution in [1.82, 2.24) is 39.9 Å². The molecule has 72 heavy (non-hydrogen) atoms. The summed E-state index contributed by atoms with van der Waals surface area (Å²) in [4.78, 5) is 88.1. The summed E-state index contributed by atoms with van der Waals surface area (Å²) in [7, 11) is 0. The Labute approximate surface area is 471 Å². The molecule has 0 atom stereocenters. The number of aliphatic carboxylic acids is 6. The molecule has 0 aliphatic heterocycles. The molecule has 10 rings (SSSR count). The van der Waals surface area contributed by atoms with E-state index in [0.717, 1.165) is 130 Å². The fourth-order valence-electron chi connectivity index (χ4n) is 6.15. The topological polar surface area (TPSA) is 350 Å². The van der Waals surface area contributed by atoms with Crippen LogP contribution in [0.5, 0.6) is 0 Å². The number of carbonyl (C=O) groups is 6. The Kier molecular flexibility index (Phi) is 27.9. The van der Waals surface area contributed by atoms with Crippen LogP contribution in [0.15, 0.2) is 134 Å². The van der Waals surface area contributed by atoms with Crippen molar-refractivity contribution in [3.8, 4) is 22.8 Å². The Morgan fingerprint density at radius 3 is 0.806 bits per heavy atom. The Morgan fingerprint density at radius 1 is 0.333 bits per heavy atom. The summed E-state index contributed by atoms with van der Waals surface area (Å²) in [6, 6.07) is 36.3. The third-order valence-corrected chi connectivity index (χ3v) is 8.23. The van der Waals surface area contributed by atoms with Gasteiger partial charge in [-0.3, -0.25) is 19.9 Å². The average molecular weight is 1260 g/mol. The molecule has 0 spiro atoms. The number of hydrogen-bond acceptors (Lipinski definition) is 18. The van der Waals surface area contributed by atoms with E-state index in [1.807, 2.05) is 60.7 Å². The van der Waals surface area contributed by atoms with Crippen LogP contribution in [0.2, 0.25) is 0 Å². The van der Waals surface area contributed by atoms with Gasteiger partial charge in [-0.1, -0.05) is 60.7 Å².